The Kier molecular flexibility index (Phi) is 7.66. The number of alkyl halides is 3. The van der Waals surface area contributed by atoms with Crippen LogP contribution in [0.25, 0.3) is 0 Å². The average molecular weight is 537 g/mol. The summed E-state index contributed by atoms with van der Waals surface area (Å²) in [6.45, 7) is 2.01. The second kappa shape index (κ2) is 9.92. The summed E-state index contributed by atoms with van der Waals surface area (Å²) in [6, 6.07) is 4.70. The maximum atomic E-state index is 14.4. The molecule has 1 amide bonds. The third-order valence-electron chi connectivity index (χ3n) is 6.39. The summed E-state index contributed by atoms with van der Waals surface area (Å²) >= 11 is 0. The van der Waals surface area contributed by atoms with Gasteiger partial charge in [-0.25, -0.2) is 12.8 Å². The van der Waals surface area contributed by atoms with Gasteiger partial charge >= 0.3 is 6.18 Å². The molecule has 1 aromatic heterocycles. The third-order valence-corrected chi connectivity index (χ3v) is 7.34. The quantitative estimate of drug-likeness (QED) is 0.537. The molecule has 13 heteroatoms. The highest BCUT2D eigenvalue weighted by Gasteiger charge is 2.65. The van der Waals surface area contributed by atoms with Gasteiger partial charge in [0.15, 0.2) is 17.2 Å². The first kappa shape index (κ1) is 27.8. The Labute approximate surface area is 204 Å². The molecule has 1 saturated heterocycles. The van der Waals surface area contributed by atoms with Crippen LogP contribution in [0.2, 0.25) is 0 Å². The molecule has 198 valence electrons. The number of halogens is 5. The monoisotopic (exact) mass is 536 g/mol. The van der Waals surface area contributed by atoms with Gasteiger partial charge < -0.3 is 14.8 Å². The summed E-state index contributed by atoms with van der Waals surface area (Å²) in [4.78, 5) is 17.2. The van der Waals surface area contributed by atoms with Crippen LogP contribution in [-0.4, -0.2) is 56.3 Å². The smallest absolute Gasteiger partial charge is 0.417 e. The Morgan fingerprint density at radius 1 is 1.22 bits per heavy atom. The zero-order valence-corrected chi connectivity index (χ0v) is 20.6. The lowest BCUT2D eigenvalue weighted by Gasteiger charge is -2.32. The van der Waals surface area contributed by atoms with Gasteiger partial charge in [-0.2, -0.15) is 17.6 Å². The number of aryl methyl sites for hydroxylation is 1. The van der Waals surface area contributed by atoms with Crippen molar-refractivity contribution in [2.75, 3.05) is 24.4 Å². The van der Waals surface area contributed by atoms with Crippen molar-refractivity contribution < 1.29 is 44.6 Å². The number of nitrogens with zero attached hydrogens (tertiary/aromatic N) is 1. The number of rotatable bonds is 7. The molecule has 1 fully saturated rings. The number of methoxy groups -OCH3 is 1. The Morgan fingerprint density at radius 2 is 1.89 bits per heavy atom. The van der Waals surface area contributed by atoms with Gasteiger partial charge in [0.05, 0.1) is 24.7 Å². The van der Waals surface area contributed by atoms with Crippen molar-refractivity contribution in [3.63, 3.8) is 0 Å². The molecule has 0 aliphatic carbocycles. The number of sulfone groups is 1. The normalized spacial score (nSPS) is 24.5. The van der Waals surface area contributed by atoms with Crippen molar-refractivity contribution in [2.24, 2.45) is 5.92 Å². The van der Waals surface area contributed by atoms with Crippen molar-refractivity contribution in [3.05, 3.63) is 53.4 Å². The van der Waals surface area contributed by atoms with E-state index in [0.717, 1.165) is 32.4 Å². The molecule has 2 heterocycles. The van der Waals surface area contributed by atoms with E-state index in [1.165, 1.54) is 25.3 Å². The average Bonchev–Trinajstić information content (AvgIpc) is 3.06. The van der Waals surface area contributed by atoms with Crippen LogP contribution in [0.4, 0.5) is 27.6 Å². The molecule has 3 rings (SSSR count). The molecule has 1 aromatic carbocycles. The largest absolute Gasteiger partial charge is 0.493 e. The van der Waals surface area contributed by atoms with E-state index in [2.05, 4.69) is 10.3 Å². The molecule has 7 nitrogen and oxygen atoms in total. The van der Waals surface area contributed by atoms with Crippen molar-refractivity contribution in [3.8, 4) is 5.75 Å². The Morgan fingerprint density at radius 3 is 2.42 bits per heavy atom. The van der Waals surface area contributed by atoms with Gasteiger partial charge in [-0.05, 0) is 25.1 Å². The Balaban J connectivity index is 1.94. The summed E-state index contributed by atoms with van der Waals surface area (Å²) in [7, 11) is -2.18. The van der Waals surface area contributed by atoms with E-state index in [9.17, 15) is 35.2 Å². The molecule has 0 saturated carbocycles. The van der Waals surface area contributed by atoms with Crippen LogP contribution in [0.3, 0.4) is 0 Å². The molecular weight excluding hydrogens is 511 g/mol. The second-order valence-electron chi connectivity index (χ2n) is 8.85. The van der Waals surface area contributed by atoms with Crippen molar-refractivity contribution in [1.29, 1.82) is 0 Å². The molecular formula is C23H25F5N2O5S. The van der Waals surface area contributed by atoms with Crippen LogP contribution < -0.4 is 10.1 Å². The maximum absolute atomic E-state index is 14.4. The number of anilines is 1. The number of aromatic nitrogens is 1. The van der Waals surface area contributed by atoms with Crippen LogP contribution >= 0.6 is 0 Å². The highest BCUT2D eigenvalue weighted by atomic mass is 32.2. The molecule has 0 bridgehead atoms. The topological polar surface area (TPSA) is 94.6 Å². The minimum Gasteiger partial charge on any atom is -0.493 e. The lowest BCUT2D eigenvalue weighted by Crippen LogP contribution is -2.47. The molecule has 36 heavy (non-hydrogen) atoms. The van der Waals surface area contributed by atoms with Gasteiger partial charge in [0.2, 0.25) is 5.82 Å². The lowest BCUT2D eigenvalue weighted by atomic mass is 9.77. The fraction of sp³-hybridized carbons (Fsp3) is 0.478. The van der Waals surface area contributed by atoms with Crippen LogP contribution in [0.1, 0.15) is 31.0 Å². The highest BCUT2D eigenvalue weighted by Crippen LogP contribution is 2.55. The summed E-state index contributed by atoms with van der Waals surface area (Å²) in [5.41, 5.74) is -2.37. The zero-order chi connectivity index (χ0) is 27.1. The SMILES string of the molecule is COc1c([C@H]2[C@H](C(=O)Nc3ccc(CCS(C)(=O)=O)nc3)O[C@@](C)(C(F)(F)F)[C@H]2C)ccc(F)c1F. The number of carbonyl (C=O) groups excluding carboxylic acids is 1. The standard InChI is InChI=1S/C23H25F5N2O5S/c1-12-17(15-7-8-16(24)18(25)19(15)34-3)20(35-22(12,2)23(26,27)28)21(31)30-14-6-5-13(29-11-14)9-10-36(4,32)33/h5-8,11-12,17,20H,9-10H2,1-4H3,(H,30,31)/t12-,17-,20+,22+/m0/s1. The van der Waals surface area contributed by atoms with E-state index in [0.29, 0.717) is 5.69 Å². The summed E-state index contributed by atoms with van der Waals surface area (Å²) < 4.78 is 103. The minimum absolute atomic E-state index is 0.121. The number of nitrogens with one attached hydrogen (secondary N) is 1. The van der Waals surface area contributed by atoms with Crippen LogP contribution in [0.15, 0.2) is 30.5 Å². The number of carbonyl (C=O) groups is 1. The third kappa shape index (κ3) is 5.46. The summed E-state index contributed by atoms with van der Waals surface area (Å²) in [5.74, 6) is -7.09. The molecule has 2 aromatic rings. The van der Waals surface area contributed by atoms with Crippen LogP contribution in [0.5, 0.6) is 5.75 Å². The van der Waals surface area contributed by atoms with E-state index in [1.54, 1.807) is 0 Å². The second-order valence-corrected chi connectivity index (χ2v) is 11.1. The number of ether oxygens (including phenoxy) is 2. The number of hydrogen-bond donors (Lipinski definition) is 1. The van der Waals surface area contributed by atoms with Crippen molar-refractivity contribution in [2.45, 2.75) is 44.1 Å². The lowest BCUT2D eigenvalue weighted by molar-refractivity contribution is -0.272. The summed E-state index contributed by atoms with van der Waals surface area (Å²) in [5, 5.41) is 2.44. The zero-order valence-electron chi connectivity index (χ0n) is 19.8. The fourth-order valence-corrected chi connectivity index (χ4v) is 4.77. The number of hydrogen-bond acceptors (Lipinski definition) is 6. The van der Waals surface area contributed by atoms with Crippen LogP contribution in [0, 0.1) is 17.6 Å². The highest BCUT2D eigenvalue weighted by molar-refractivity contribution is 7.90. The molecule has 1 aliphatic rings. The first-order chi connectivity index (χ1) is 16.6. The Bertz CT molecular complexity index is 1240. The van der Waals surface area contributed by atoms with Crippen molar-refractivity contribution in [1.82, 2.24) is 4.98 Å². The van der Waals surface area contributed by atoms with E-state index < -0.39 is 62.8 Å². The van der Waals surface area contributed by atoms with E-state index >= 15 is 0 Å². The van der Waals surface area contributed by atoms with Gasteiger partial charge in [-0.1, -0.05) is 13.0 Å². The predicted molar refractivity (Wildman–Crippen MR) is 120 cm³/mol. The molecule has 4 atom stereocenters. The number of amides is 1. The Hall–Kier alpha value is -2.80. The molecule has 0 unspecified atom stereocenters. The summed E-state index contributed by atoms with van der Waals surface area (Å²) in [6.07, 6.45) is -4.18. The first-order valence-corrected chi connectivity index (χ1v) is 12.8. The van der Waals surface area contributed by atoms with Gasteiger partial charge in [0, 0.05) is 35.8 Å². The molecule has 0 spiro atoms. The number of pyridine rings is 1. The van der Waals surface area contributed by atoms with Crippen molar-refractivity contribution >= 4 is 21.4 Å². The first-order valence-electron chi connectivity index (χ1n) is 10.8. The van der Waals surface area contributed by atoms with Gasteiger partial charge in [0.25, 0.3) is 5.91 Å². The van der Waals surface area contributed by atoms with Gasteiger partial charge in [-0.3, -0.25) is 9.78 Å². The van der Waals surface area contributed by atoms with Crippen LogP contribution in [-0.2, 0) is 25.8 Å². The van der Waals surface area contributed by atoms with Gasteiger partial charge in [0.1, 0.15) is 15.9 Å². The van der Waals surface area contributed by atoms with E-state index in [4.69, 9.17) is 9.47 Å². The molecule has 1 N–H and O–H groups in total. The fourth-order valence-electron chi connectivity index (χ4n) is 4.19. The predicted octanol–water partition coefficient (Wildman–Crippen LogP) is 4.03. The number of benzene rings is 1. The minimum atomic E-state index is -4.88. The maximum Gasteiger partial charge on any atom is 0.417 e. The molecule has 1 aliphatic heterocycles. The molecule has 0 radical (unpaired) electrons. The van der Waals surface area contributed by atoms with E-state index in [1.807, 2.05) is 0 Å². The van der Waals surface area contributed by atoms with E-state index in [-0.39, 0.29) is 23.4 Å². The van der Waals surface area contributed by atoms with Gasteiger partial charge in [-0.15, -0.1) is 0 Å².